The summed E-state index contributed by atoms with van der Waals surface area (Å²) in [6.07, 6.45) is -0.779. The highest BCUT2D eigenvalue weighted by Crippen LogP contribution is 2.15. The monoisotopic (exact) mass is 246 g/mol. The van der Waals surface area contributed by atoms with Crippen LogP contribution in [0.15, 0.2) is 18.2 Å². The Morgan fingerprint density at radius 1 is 1.62 bits per heavy atom. The van der Waals surface area contributed by atoms with Crippen LogP contribution in [-0.2, 0) is 0 Å². The molecule has 4 N–H and O–H groups in total. The van der Waals surface area contributed by atoms with Crippen molar-refractivity contribution in [3.05, 3.63) is 29.6 Å². The first-order valence-corrected chi connectivity index (χ1v) is 5.15. The van der Waals surface area contributed by atoms with E-state index in [0.29, 0.717) is 0 Å². The first kappa shape index (κ1) is 12.7. The fourth-order valence-corrected chi connectivity index (χ4v) is 1.21. The van der Waals surface area contributed by atoms with Crippen LogP contribution in [0.2, 0.25) is 0 Å². The predicted octanol–water partition coefficient (Wildman–Crippen LogP) is 0.936. The van der Waals surface area contributed by atoms with Crippen LogP contribution in [0, 0.1) is 5.82 Å². The first-order valence-electron chi connectivity index (χ1n) is 4.62. The van der Waals surface area contributed by atoms with Crippen LogP contribution in [0.4, 0.5) is 10.1 Å². The summed E-state index contributed by atoms with van der Waals surface area (Å²) in [4.78, 5) is 10.9. The Bertz CT molecular complexity index is 387. The van der Waals surface area contributed by atoms with E-state index in [1.165, 1.54) is 12.1 Å². The van der Waals surface area contributed by atoms with E-state index in [4.69, 9.17) is 17.3 Å². The quantitative estimate of drug-likeness (QED) is 0.677. The fourth-order valence-electron chi connectivity index (χ4n) is 1.10. The molecule has 0 bridgehead atoms. The SMILES string of the molecule is NC(=O)c1ccc(F)c(NCC(O)CCl)c1. The number of nitrogens with two attached hydrogens (primary N) is 1. The van der Waals surface area contributed by atoms with E-state index in [0.717, 1.165) is 6.07 Å². The second-order valence-corrected chi connectivity index (χ2v) is 3.56. The topological polar surface area (TPSA) is 75.4 Å². The van der Waals surface area contributed by atoms with E-state index in [9.17, 15) is 14.3 Å². The van der Waals surface area contributed by atoms with Crippen molar-refractivity contribution in [2.45, 2.75) is 6.10 Å². The molecule has 0 aromatic heterocycles. The molecule has 0 aliphatic carbocycles. The molecule has 0 aliphatic rings. The van der Waals surface area contributed by atoms with Gasteiger partial charge in [0.05, 0.1) is 17.7 Å². The average Bonchev–Trinajstić information content (AvgIpc) is 2.27. The van der Waals surface area contributed by atoms with Crippen LogP contribution in [0.1, 0.15) is 10.4 Å². The first-order chi connectivity index (χ1) is 7.54. The zero-order chi connectivity index (χ0) is 12.1. The largest absolute Gasteiger partial charge is 0.390 e. The van der Waals surface area contributed by atoms with Gasteiger partial charge in [-0.3, -0.25) is 4.79 Å². The molecule has 4 nitrogen and oxygen atoms in total. The molecular weight excluding hydrogens is 235 g/mol. The number of nitrogens with one attached hydrogen (secondary N) is 1. The van der Waals surface area contributed by atoms with Gasteiger partial charge in [0.15, 0.2) is 0 Å². The van der Waals surface area contributed by atoms with Gasteiger partial charge in [-0.25, -0.2) is 4.39 Å². The van der Waals surface area contributed by atoms with Gasteiger partial charge in [0.1, 0.15) is 5.82 Å². The van der Waals surface area contributed by atoms with Gasteiger partial charge in [-0.1, -0.05) is 0 Å². The minimum Gasteiger partial charge on any atom is -0.390 e. The van der Waals surface area contributed by atoms with Gasteiger partial charge in [0, 0.05) is 12.1 Å². The number of anilines is 1. The summed E-state index contributed by atoms with van der Waals surface area (Å²) in [5.74, 6) is -1.11. The Morgan fingerprint density at radius 3 is 2.88 bits per heavy atom. The molecule has 0 saturated heterocycles. The number of carbonyl (C=O) groups excluding carboxylic acids is 1. The molecule has 6 heteroatoms. The van der Waals surface area contributed by atoms with Gasteiger partial charge in [0.2, 0.25) is 5.91 Å². The Kier molecular flexibility index (Phi) is 4.52. The molecule has 1 unspecified atom stereocenters. The van der Waals surface area contributed by atoms with Crippen molar-refractivity contribution >= 4 is 23.2 Å². The normalized spacial score (nSPS) is 12.2. The maximum atomic E-state index is 13.3. The number of halogens is 2. The van der Waals surface area contributed by atoms with Crippen molar-refractivity contribution in [3.8, 4) is 0 Å². The molecule has 0 heterocycles. The molecule has 0 aliphatic heterocycles. The summed E-state index contributed by atoms with van der Waals surface area (Å²) < 4.78 is 13.3. The molecule has 0 radical (unpaired) electrons. The number of carbonyl (C=O) groups is 1. The number of aliphatic hydroxyl groups excluding tert-OH is 1. The third-order valence-corrected chi connectivity index (χ3v) is 2.31. The van der Waals surface area contributed by atoms with Gasteiger partial charge >= 0.3 is 0 Å². The summed E-state index contributed by atoms with van der Waals surface area (Å²) in [6, 6.07) is 3.72. The third-order valence-electron chi connectivity index (χ3n) is 1.96. The van der Waals surface area contributed by atoms with E-state index in [2.05, 4.69) is 5.32 Å². The lowest BCUT2D eigenvalue weighted by molar-refractivity contribution is 0.100. The van der Waals surface area contributed by atoms with Gasteiger partial charge in [0.25, 0.3) is 0 Å². The molecule has 1 atom stereocenters. The van der Waals surface area contributed by atoms with Crippen molar-refractivity contribution in [3.63, 3.8) is 0 Å². The number of benzene rings is 1. The van der Waals surface area contributed by atoms with Crippen molar-refractivity contribution in [2.75, 3.05) is 17.7 Å². The molecule has 1 aromatic rings. The molecular formula is C10H12ClFN2O2. The lowest BCUT2D eigenvalue weighted by atomic mass is 10.2. The zero-order valence-corrected chi connectivity index (χ0v) is 9.17. The van der Waals surface area contributed by atoms with E-state index in [-0.39, 0.29) is 23.7 Å². The number of aliphatic hydroxyl groups is 1. The predicted molar refractivity (Wildman–Crippen MR) is 60.1 cm³/mol. The van der Waals surface area contributed by atoms with Crippen molar-refractivity contribution in [1.29, 1.82) is 0 Å². The number of hydrogen-bond acceptors (Lipinski definition) is 3. The molecule has 1 aromatic carbocycles. The summed E-state index contributed by atoms with van der Waals surface area (Å²) >= 11 is 5.38. The maximum absolute atomic E-state index is 13.3. The van der Waals surface area contributed by atoms with Crippen LogP contribution in [0.3, 0.4) is 0 Å². The molecule has 88 valence electrons. The second kappa shape index (κ2) is 5.67. The van der Waals surface area contributed by atoms with Crippen molar-refractivity contribution in [2.24, 2.45) is 5.73 Å². The Morgan fingerprint density at radius 2 is 2.31 bits per heavy atom. The highest BCUT2D eigenvalue weighted by molar-refractivity contribution is 6.18. The Balaban J connectivity index is 2.78. The lowest BCUT2D eigenvalue weighted by Gasteiger charge is -2.11. The van der Waals surface area contributed by atoms with Crippen LogP contribution in [0.25, 0.3) is 0 Å². The number of hydrogen-bond donors (Lipinski definition) is 3. The molecule has 0 saturated carbocycles. The van der Waals surface area contributed by atoms with Gasteiger partial charge in [-0.2, -0.15) is 0 Å². The van der Waals surface area contributed by atoms with Crippen LogP contribution in [-0.4, -0.2) is 29.5 Å². The molecule has 1 rings (SSSR count). The highest BCUT2D eigenvalue weighted by atomic mass is 35.5. The second-order valence-electron chi connectivity index (χ2n) is 3.25. The number of alkyl halides is 1. The molecule has 0 fully saturated rings. The fraction of sp³-hybridized carbons (Fsp3) is 0.300. The Labute approximate surface area is 97.2 Å². The van der Waals surface area contributed by atoms with Gasteiger partial charge in [-0.15, -0.1) is 11.6 Å². The van der Waals surface area contributed by atoms with E-state index < -0.39 is 17.8 Å². The van der Waals surface area contributed by atoms with E-state index in [1.54, 1.807) is 0 Å². The van der Waals surface area contributed by atoms with Crippen LogP contribution >= 0.6 is 11.6 Å². The summed E-state index contributed by atoms with van der Waals surface area (Å²) in [6.45, 7) is 0.0998. The van der Waals surface area contributed by atoms with Gasteiger partial charge in [-0.05, 0) is 18.2 Å². The molecule has 1 amide bonds. The lowest BCUT2D eigenvalue weighted by Crippen LogP contribution is -2.21. The minimum absolute atomic E-state index is 0.0458. The average molecular weight is 247 g/mol. The number of primary amides is 1. The van der Waals surface area contributed by atoms with Crippen LogP contribution in [0.5, 0.6) is 0 Å². The van der Waals surface area contributed by atoms with E-state index in [1.807, 2.05) is 0 Å². The van der Waals surface area contributed by atoms with Crippen LogP contribution < -0.4 is 11.1 Å². The standard InChI is InChI=1S/C10H12ClFN2O2/c11-4-7(15)5-14-9-3-6(10(13)16)1-2-8(9)12/h1-3,7,14-15H,4-5H2,(H2,13,16). The Hall–Kier alpha value is -1.33. The highest BCUT2D eigenvalue weighted by Gasteiger charge is 2.08. The number of rotatable bonds is 5. The number of amides is 1. The molecule has 16 heavy (non-hydrogen) atoms. The van der Waals surface area contributed by atoms with Gasteiger partial charge < -0.3 is 16.2 Å². The minimum atomic E-state index is -0.779. The summed E-state index contributed by atoms with van der Waals surface area (Å²) in [7, 11) is 0. The molecule has 0 spiro atoms. The summed E-state index contributed by atoms with van der Waals surface area (Å²) in [5, 5.41) is 11.8. The van der Waals surface area contributed by atoms with Crippen molar-refractivity contribution in [1.82, 2.24) is 0 Å². The zero-order valence-electron chi connectivity index (χ0n) is 8.41. The maximum Gasteiger partial charge on any atom is 0.248 e. The smallest absolute Gasteiger partial charge is 0.248 e. The third kappa shape index (κ3) is 3.36. The summed E-state index contributed by atoms with van der Waals surface area (Å²) in [5.41, 5.74) is 5.37. The van der Waals surface area contributed by atoms with Crippen molar-refractivity contribution < 1.29 is 14.3 Å². The van der Waals surface area contributed by atoms with E-state index >= 15 is 0 Å².